The first-order valence-electron chi connectivity index (χ1n) is 10.1. The zero-order chi connectivity index (χ0) is 21.3. The Morgan fingerprint density at radius 1 is 1.33 bits per heavy atom. The first kappa shape index (κ1) is 20.2. The Kier molecular flexibility index (Phi) is 5.63. The van der Waals surface area contributed by atoms with Crippen LogP contribution in [0.25, 0.3) is 11.2 Å². The summed E-state index contributed by atoms with van der Waals surface area (Å²) in [4.78, 5) is 42.8. The number of methoxy groups -OCH3 is 1. The summed E-state index contributed by atoms with van der Waals surface area (Å²) in [6.07, 6.45) is 3.47. The van der Waals surface area contributed by atoms with Crippen LogP contribution in [0.4, 0.5) is 0 Å². The van der Waals surface area contributed by atoms with Crippen molar-refractivity contribution < 1.29 is 9.53 Å². The third-order valence-corrected chi connectivity index (χ3v) is 5.42. The standard InChI is InChI=1S/C21H26N6O3/c1-13(12-30-3)27-18(25-16-6-5-9-22-20(16)27)7-4-8-19(28)26-10-15-17(11-26)23-14(2)24-21(15)29/h5-6,9,13H,4,7-8,10-12H2,1-3H3,(H,23,24,29)/t13-/m1/s1. The van der Waals surface area contributed by atoms with Gasteiger partial charge < -0.3 is 19.2 Å². The van der Waals surface area contributed by atoms with Gasteiger partial charge in [-0.15, -0.1) is 0 Å². The number of aryl methyl sites for hydroxylation is 2. The largest absolute Gasteiger partial charge is 0.383 e. The van der Waals surface area contributed by atoms with E-state index in [1.807, 2.05) is 12.1 Å². The van der Waals surface area contributed by atoms with Crippen LogP contribution in [0.2, 0.25) is 0 Å². The molecule has 4 rings (SSSR count). The number of hydrogen-bond acceptors (Lipinski definition) is 6. The number of fused-ring (bicyclic) bond motifs is 2. The average Bonchev–Trinajstić information content (AvgIpc) is 3.29. The molecule has 0 aliphatic carbocycles. The van der Waals surface area contributed by atoms with Crippen molar-refractivity contribution >= 4 is 17.1 Å². The van der Waals surface area contributed by atoms with Gasteiger partial charge in [0.25, 0.3) is 5.56 Å². The number of carbonyl (C=O) groups excluding carboxylic acids is 1. The minimum atomic E-state index is -0.152. The molecule has 3 aromatic rings. The summed E-state index contributed by atoms with van der Waals surface area (Å²) in [6, 6.07) is 3.91. The number of ether oxygens (including phenoxy) is 1. The molecule has 3 aromatic heterocycles. The molecule has 4 heterocycles. The van der Waals surface area contributed by atoms with E-state index < -0.39 is 0 Å². The number of rotatable bonds is 7. The highest BCUT2D eigenvalue weighted by Gasteiger charge is 2.27. The van der Waals surface area contributed by atoms with E-state index in [9.17, 15) is 9.59 Å². The highest BCUT2D eigenvalue weighted by Crippen LogP contribution is 2.22. The second-order valence-electron chi connectivity index (χ2n) is 7.73. The number of amides is 1. The van der Waals surface area contributed by atoms with Crippen LogP contribution < -0.4 is 5.56 Å². The molecule has 0 aromatic carbocycles. The number of H-pyrrole nitrogens is 1. The van der Waals surface area contributed by atoms with Crippen molar-refractivity contribution in [1.82, 2.24) is 29.4 Å². The summed E-state index contributed by atoms with van der Waals surface area (Å²) in [5.41, 5.74) is 2.82. The van der Waals surface area contributed by atoms with E-state index in [1.165, 1.54) is 0 Å². The van der Waals surface area contributed by atoms with Crippen molar-refractivity contribution in [2.24, 2.45) is 0 Å². The number of imidazole rings is 1. The van der Waals surface area contributed by atoms with Crippen LogP contribution in [0.15, 0.2) is 23.1 Å². The maximum absolute atomic E-state index is 12.7. The van der Waals surface area contributed by atoms with Gasteiger partial charge in [0.15, 0.2) is 5.65 Å². The predicted molar refractivity (Wildman–Crippen MR) is 111 cm³/mol. The van der Waals surface area contributed by atoms with Gasteiger partial charge in [0.05, 0.1) is 37.0 Å². The Labute approximate surface area is 174 Å². The van der Waals surface area contributed by atoms with Gasteiger partial charge in [-0.2, -0.15) is 0 Å². The molecular formula is C21H26N6O3. The van der Waals surface area contributed by atoms with E-state index in [2.05, 4.69) is 26.4 Å². The summed E-state index contributed by atoms with van der Waals surface area (Å²) < 4.78 is 7.42. The van der Waals surface area contributed by atoms with Crippen molar-refractivity contribution in [3.63, 3.8) is 0 Å². The van der Waals surface area contributed by atoms with E-state index in [0.717, 1.165) is 17.0 Å². The molecule has 1 amide bonds. The lowest BCUT2D eigenvalue weighted by Crippen LogP contribution is -2.26. The summed E-state index contributed by atoms with van der Waals surface area (Å²) in [7, 11) is 1.68. The van der Waals surface area contributed by atoms with Crippen molar-refractivity contribution in [2.45, 2.75) is 52.2 Å². The highest BCUT2D eigenvalue weighted by molar-refractivity contribution is 5.77. The number of carbonyl (C=O) groups is 1. The van der Waals surface area contributed by atoms with Gasteiger partial charge in [-0.3, -0.25) is 9.59 Å². The molecule has 0 unspecified atom stereocenters. The fourth-order valence-corrected chi connectivity index (χ4v) is 4.05. The Morgan fingerprint density at radius 2 is 2.17 bits per heavy atom. The number of hydrogen-bond donors (Lipinski definition) is 1. The lowest BCUT2D eigenvalue weighted by atomic mass is 10.2. The number of nitrogens with zero attached hydrogens (tertiary/aromatic N) is 5. The van der Waals surface area contributed by atoms with Gasteiger partial charge in [0.1, 0.15) is 17.2 Å². The van der Waals surface area contributed by atoms with Gasteiger partial charge in [0, 0.05) is 26.1 Å². The third-order valence-electron chi connectivity index (χ3n) is 5.42. The fraction of sp³-hybridized carbons (Fsp3) is 0.476. The quantitative estimate of drug-likeness (QED) is 0.638. The van der Waals surface area contributed by atoms with Crippen LogP contribution in [-0.4, -0.2) is 49.0 Å². The molecule has 0 spiro atoms. The zero-order valence-corrected chi connectivity index (χ0v) is 17.5. The molecule has 0 saturated carbocycles. The van der Waals surface area contributed by atoms with Gasteiger partial charge in [0.2, 0.25) is 5.91 Å². The summed E-state index contributed by atoms with van der Waals surface area (Å²) in [5.74, 6) is 1.50. The SMILES string of the molecule is COC[C@@H](C)n1c(CCCC(=O)N2Cc3nc(C)[nH]c(=O)c3C2)nc2cccnc21. The zero-order valence-electron chi connectivity index (χ0n) is 17.5. The minimum Gasteiger partial charge on any atom is -0.383 e. The molecule has 1 aliphatic heterocycles. The number of aromatic nitrogens is 5. The van der Waals surface area contributed by atoms with Crippen LogP contribution in [0.1, 0.15) is 48.7 Å². The van der Waals surface area contributed by atoms with Crippen LogP contribution >= 0.6 is 0 Å². The molecule has 0 bridgehead atoms. The maximum Gasteiger partial charge on any atom is 0.256 e. The topological polar surface area (TPSA) is 106 Å². The van der Waals surface area contributed by atoms with Crippen LogP contribution in [0, 0.1) is 6.92 Å². The Hall–Kier alpha value is -3.07. The van der Waals surface area contributed by atoms with Gasteiger partial charge in [-0.05, 0) is 32.4 Å². The highest BCUT2D eigenvalue weighted by atomic mass is 16.5. The van der Waals surface area contributed by atoms with Crippen LogP contribution in [0.5, 0.6) is 0 Å². The first-order chi connectivity index (χ1) is 14.5. The average molecular weight is 410 g/mol. The van der Waals surface area contributed by atoms with Crippen molar-refractivity contribution in [2.75, 3.05) is 13.7 Å². The normalized spacial score (nSPS) is 14.3. The Balaban J connectivity index is 1.43. The first-order valence-corrected chi connectivity index (χ1v) is 10.1. The molecule has 0 fully saturated rings. The third kappa shape index (κ3) is 3.85. The van der Waals surface area contributed by atoms with Crippen LogP contribution in [0.3, 0.4) is 0 Å². The molecule has 1 atom stereocenters. The predicted octanol–water partition coefficient (Wildman–Crippen LogP) is 1.90. The molecule has 0 saturated heterocycles. The number of pyridine rings is 1. The molecule has 1 aliphatic rings. The van der Waals surface area contributed by atoms with E-state index >= 15 is 0 Å². The van der Waals surface area contributed by atoms with Crippen molar-refractivity contribution in [1.29, 1.82) is 0 Å². The smallest absolute Gasteiger partial charge is 0.256 e. The summed E-state index contributed by atoms with van der Waals surface area (Å²) in [6.45, 7) is 5.09. The van der Waals surface area contributed by atoms with Crippen LogP contribution in [-0.2, 0) is 29.0 Å². The van der Waals surface area contributed by atoms with E-state index in [0.29, 0.717) is 56.0 Å². The molecular weight excluding hydrogens is 384 g/mol. The second kappa shape index (κ2) is 8.35. The molecule has 30 heavy (non-hydrogen) atoms. The maximum atomic E-state index is 12.7. The van der Waals surface area contributed by atoms with Gasteiger partial charge in [-0.1, -0.05) is 0 Å². The minimum absolute atomic E-state index is 0.0239. The Morgan fingerprint density at radius 3 is 2.97 bits per heavy atom. The molecule has 158 valence electrons. The van der Waals surface area contributed by atoms with Crippen molar-refractivity contribution in [3.8, 4) is 0 Å². The van der Waals surface area contributed by atoms with Gasteiger partial charge in [-0.25, -0.2) is 15.0 Å². The van der Waals surface area contributed by atoms with E-state index in [1.54, 1.807) is 25.1 Å². The molecule has 1 N–H and O–H groups in total. The number of nitrogens with one attached hydrogen (secondary N) is 1. The summed E-state index contributed by atoms with van der Waals surface area (Å²) >= 11 is 0. The lowest BCUT2D eigenvalue weighted by Gasteiger charge is -2.17. The molecule has 9 nitrogen and oxygen atoms in total. The molecule has 9 heteroatoms. The molecule has 0 radical (unpaired) electrons. The van der Waals surface area contributed by atoms with E-state index in [-0.39, 0.29) is 17.5 Å². The second-order valence-corrected chi connectivity index (χ2v) is 7.73. The fourth-order valence-electron chi connectivity index (χ4n) is 4.05. The number of aromatic amines is 1. The van der Waals surface area contributed by atoms with Crippen molar-refractivity contribution in [3.05, 3.63) is 51.6 Å². The van der Waals surface area contributed by atoms with Gasteiger partial charge >= 0.3 is 0 Å². The lowest BCUT2D eigenvalue weighted by molar-refractivity contribution is -0.131. The summed E-state index contributed by atoms with van der Waals surface area (Å²) in [5, 5.41) is 0. The monoisotopic (exact) mass is 410 g/mol. The van der Waals surface area contributed by atoms with E-state index in [4.69, 9.17) is 9.72 Å². The Bertz CT molecular complexity index is 1140.